The molecule has 3 heterocycles. The van der Waals surface area contributed by atoms with Gasteiger partial charge in [-0.25, -0.2) is 4.98 Å². The van der Waals surface area contributed by atoms with Gasteiger partial charge in [0.05, 0.1) is 13.2 Å². The fourth-order valence-electron chi connectivity index (χ4n) is 3.50. The zero-order chi connectivity index (χ0) is 18.1. The molecule has 0 bridgehead atoms. The lowest BCUT2D eigenvalue weighted by Gasteiger charge is -2.27. The Balaban J connectivity index is 1.50. The molecule has 0 aliphatic carbocycles. The predicted octanol–water partition coefficient (Wildman–Crippen LogP) is 3.09. The van der Waals surface area contributed by atoms with Crippen LogP contribution in [0, 0.1) is 0 Å². The molecular formula is C20H24N4O2. The molecule has 26 heavy (non-hydrogen) atoms. The monoisotopic (exact) mass is 352 g/mol. The Morgan fingerprint density at radius 3 is 2.85 bits per heavy atom. The second-order valence-corrected chi connectivity index (χ2v) is 6.96. The summed E-state index contributed by atoms with van der Waals surface area (Å²) in [5, 5.41) is 6.44. The average Bonchev–Trinajstić information content (AvgIpc) is 2.96. The molecule has 4 rings (SSSR count). The van der Waals surface area contributed by atoms with Gasteiger partial charge in [0.15, 0.2) is 0 Å². The number of rotatable bonds is 3. The minimum atomic E-state index is -0.188. The fraction of sp³-hybridized carbons (Fsp3) is 0.400. The average molecular weight is 352 g/mol. The number of nitrogens with one attached hydrogen (secondary N) is 2. The molecule has 0 saturated carbocycles. The Hall–Kier alpha value is -2.60. The first kappa shape index (κ1) is 16.8. The Labute approximate surface area is 153 Å². The summed E-state index contributed by atoms with van der Waals surface area (Å²) in [6.45, 7) is 7.35. The lowest BCUT2D eigenvalue weighted by molar-refractivity contribution is 0.102. The lowest BCUT2D eigenvalue weighted by Crippen LogP contribution is -2.37. The highest BCUT2D eigenvalue weighted by Crippen LogP contribution is 2.37. The first-order valence-corrected chi connectivity index (χ1v) is 9.13. The number of amides is 1. The van der Waals surface area contributed by atoms with Crippen LogP contribution in [0.15, 0.2) is 36.4 Å². The first-order chi connectivity index (χ1) is 12.6. The van der Waals surface area contributed by atoms with Gasteiger partial charge in [-0.3, -0.25) is 4.79 Å². The van der Waals surface area contributed by atoms with Gasteiger partial charge in [-0.05, 0) is 42.8 Å². The Kier molecular flexibility index (Phi) is 4.51. The van der Waals surface area contributed by atoms with E-state index in [1.165, 1.54) is 5.56 Å². The van der Waals surface area contributed by atoms with Crippen molar-refractivity contribution in [2.45, 2.75) is 25.8 Å². The number of carbonyl (C=O) groups excluding carboxylic acids is 1. The van der Waals surface area contributed by atoms with Crippen molar-refractivity contribution in [2.24, 2.45) is 0 Å². The molecule has 2 aliphatic heterocycles. The summed E-state index contributed by atoms with van der Waals surface area (Å²) >= 11 is 0. The van der Waals surface area contributed by atoms with E-state index in [-0.39, 0.29) is 5.91 Å². The van der Waals surface area contributed by atoms with Crippen LogP contribution >= 0.6 is 0 Å². The number of fused-ring (bicyclic) bond motifs is 1. The zero-order valence-electron chi connectivity index (χ0n) is 15.2. The highest BCUT2D eigenvalue weighted by Gasteiger charge is 2.25. The van der Waals surface area contributed by atoms with Crippen molar-refractivity contribution < 1.29 is 9.53 Å². The molecule has 1 aromatic carbocycles. The van der Waals surface area contributed by atoms with Crippen LogP contribution in [-0.2, 0) is 4.74 Å². The predicted molar refractivity (Wildman–Crippen MR) is 103 cm³/mol. The van der Waals surface area contributed by atoms with Gasteiger partial charge in [0.25, 0.3) is 5.91 Å². The molecule has 2 unspecified atom stereocenters. The number of ether oxygens (including phenoxy) is 1. The van der Waals surface area contributed by atoms with Crippen LogP contribution in [0.2, 0.25) is 0 Å². The maximum absolute atomic E-state index is 12.7. The van der Waals surface area contributed by atoms with E-state index < -0.39 is 0 Å². The maximum Gasteiger partial charge on any atom is 0.274 e. The SMILES string of the molecule is CC1Nc2ccc(NC(=O)c3cccc(N4CCOCC4)n3)cc2C1C. The van der Waals surface area contributed by atoms with Crippen molar-refractivity contribution >= 4 is 23.1 Å². The molecule has 2 aliphatic rings. The maximum atomic E-state index is 12.7. The van der Waals surface area contributed by atoms with Crippen LogP contribution in [0.3, 0.4) is 0 Å². The number of aromatic nitrogens is 1. The van der Waals surface area contributed by atoms with Gasteiger partial charge in [0.1, 0.15) is 11.5 Å². The summed E-state index contributed by atoms with van der Waals surface area (Å²) in [4.78, 5) is 19.3. The third-order valence-corrected chi connectivity index (χ3v) is 5.24. The Morgan fingerprint density at radius 1 is 1.23 bits per heavy atom. The third-order valence-electron chi connectivity index (χ3n) is 5.24. The van der Waals surface area contributed by atoms with E-state index in [1.807, 2.05) is 24.3 Å². The molecule has 1 fully saturated rings. The number of hydrogen-bond donors (Lipinski definition) is 2. The number of pyridine rings is 1. The van der Waals surface area contributed by atoms with Crippen molar-refractivity contribution in [1.82, 2.24) is 4.98 Å². The summed E-state index contributed by atoms with van der Waals surface area (Å²) < 4.78 is 5.38. The molecule has 6 heteroatoms. The van der Waals surface area contributed by atoms with Crippen LogP contribution in [0.5, 0.6) is 0 Å². The fourth-order valence-corrected chi connectivity index (χ4v) is 3.50. The van der Waals surface area contributed by atoms with Crippen molar-refractivity contribution in [3.63, 3.8) is 0 Å². The van der Waals surface area contributed by atoms with E-state index in [1.54, 1.807) is 6.07 Å². The molecule has 2 atom stereocenters. The van der Waals surface area contributed by atoms with Crippen LogP contribution in [0.1, 0.15) is 35.8 Å². The van der Waals surface area contributed by atoms with E-state index in [0.29, 0.717) is 30.9 Å². The van der Waals surface area contributed by atoms with Gasteiger partial charge in [-0.1, -0.05) is 13.0 Å². The molecule has 0 radical (unpaired) electrons. The van der Waals surface area contributed by atoms with Gasteiger partial charge >= 0.3 is 0 Å². The first-order valence-electron chi connectivity index (χ1n) is 9.13. The summed E-state index contributed by atoms with van der Waals surface area (Å²) in [6, 6.07) is 12.0. The van der Waals surface area contributed by atoms with Crippen molar-refractivity contribution in [3.05, 3.63) is 47.7 Å². The molecule has 2 aromatic rings. The molecule has 1 amide bonds. The molecular weight excluding hydrogens is 328 g/mol. The number of anilines is 3. The number of morpholine rings is 1. The number of nitrogens with zero attached hydrogens (tertiary/aromatic N) is 2. The van der Waals surface area contributed by atoms with Crippen molar-refractivity contribution in [2.75, 3.05) is 41.8 Å². The number of carbonyl (C=O) groups is 1. The summed E-state index contributed by atoms with van der Waals surface area (Å²) in [5.41, 5.74) is 3.62. The van der Waals surface area contributed by atoms with E-state index in [0.717, 1.165) is 30.3 Å². The molecule has 2 N–H and O–H groups in total. The van der Waals surface area contributed by atoms with Crippen molar-refractivity contribution in [1.29, 1.82) is 0 Å². The van der Waals surface area contributed by atoms with Crippen molar-refractivity contribution in [3.8, 4) is 0 Å². The van der Waals surface area contributed by atoms with Gasteiger partial charge in [-0.2, -0.15) is 0 Å². The standard InChI is InChI=1S/C20H24N4O2/c1-13-14(2)21-17-7-6-15(12-16(13)17)22-20(25)18-4-3-5-19(23-18)24-8-10-26-11-9-24/h3-7,12-14,21H,8-11H2,1-2H3,(H,22,25). The minimum absolute atomic E-state index is 0.188. The Morgan fingerprint density at radius 2 is 2.04 bits per heavy atom. The quantitative estimate of drug-likeness (QED) is 0.889. The normalized spacial score (nSPS) is 21.8. The van der Waals surface area contributed by atoms with Gasteiger partial charge in [-0.15, -0.1) is 0 Å². The van der Waals surface area contributed by atoms with E-state index in [2.05, 4.69) is 40.4 Å². The number of hydrogen-bond acceptors (Lipinski definition) is 5. The second-order valence-electron chi connectivity index (χ2n) is 6.96. The van der Waals surface area contributed by atoms with Crippen LogP contribution in [0.4, 0.5) is 17.2 Å². The smallest absolute Gasteiger partial charge is 0.274 e. The van der Waals surface area contributed by atoms with E-state index in [4.69, 9.17) is 4.74 Å². The summed E-state index contributed by atoms with van der Waals surface area (Å²) in [5.74, 6) is 1.05. The van der Waals surface area contributed by atoms with Gasteiger partial charge in [0, 0.05) is 36.4 Å². The topological polar surface area (TPSA) is 66.5 Å². The molecule has 0 spiro atoms. The summed E-state index contributed by atoms with van der Waals surface area (Å²) in [6.07, 6.45) is 0. The molecule has 1 saturated heterocycles. The van der Waals surface area contributed by atoms with Crippen LogP contribution in [-0.4, -0.2) is 43.2 Å². The molecule has 6 nitrogen and oxygen atoms in total. The van der Waals surface area contributed by atoms with Crippen LogP contribution < -0.4 is 15.5 Å². The summed E-state index contributed by atoms with van der Waals surface area (Å²) in [7, 11) is 0. The van der Waals surface area contributed by atoms with Crippen LogP contribution in [0.25, 0.3) is 0 Å². The third kappa shape index (κ3) is 3.24. The Bertz CT molecular complexity index is 817. The minimum Gasteiger partial charge on any atom is -0.382 e. The molecule has 1 aromatic heterocycles. The largest absolute Gasteiger partial charge is 0.382 e. The van der Waals surface area contributed by atoms with E-state index >= 15 is 0 Å². The number of benzene rings is 1. The second kappa shape index (κ2) is 6.96. The molecule has 136 valence electrons. The van der Waals surface area contributed by atoms with E-state index in [9.17, 15) is 4.79 Å². The lowest BCUT2D eigenvalue weighted by atomic mass is 9.98. The zero-order valence-corrected chi connectivity index (χ0v) is 15.2. The highest BCUT2D eigenvalue weighted by molar-refractivity contribution is 6.03. The van der Waals surface area contributed by atoms with Gasteiger partial charge < -0.3 is 20.3 Å². The highest BCUT2D eigenvalue weighted by atomic mass is 16.5. The van der Waals surface area contributed by atoms with Gasteiger partial charge in [0.2, 0.25) is 0 Å².